The summed E-state index contributed by atoms with van der Waals surface area (Å²) in [5, 5.41) is 0. The first-order chi connectivity index (χ1) is 29.5. The Kier molecular flexibility index (Phi) is 44.6. The van der Waals surface area contributed by atoms with Gasteiger partial charge in [-0.15, -0.1) is 0 Å². The second kappa shape index (κ2) is 47.7. The van der Waals surface area contributed by atoms with Crippen molar-refractivity contribution >= 4 is 17.9 Å². The Morgan fingerprint density at radius 2 is 0.650 bits per heavy atom. The Balaban J connectivity index is 4.65. The highest BCUT2D eigenvalue weighted by molar-refractivity contribution is 5.71. The molecule has 1 atom stereocenters. The topological polar surface area (TPSA) is 78.9 Å². The van der Waals surface area contributed by atoms with E-state index in [9.17, 15) is 14.4 Å². The SMILES string of the molecule is CC/C=C\C/C=C\C/C=C\C/C=C\C/C=C\CCC(=O)OCC(COC(=O)CC/C=C\C/C=C\CCCCCCCC)OC(=O)CC/C=C\C/C=C\CCCCCCCC. The zero-order valence-electron chi connectivity index (χ0n) is 38.4. The summed E-state index contributed by atoms with van der Waals surface area (Å²) in [7, 11) is 0. The molecule has 0 N–H and O–H groups in total. The number of hydrogen-bond acceptors (Lipinski definition) is 6. The van der Waals surface area contributed by atoms with Gasteiger partial charge in [0.15, 0.2) is 6.10 Å². The number of ether oxygens (including phenoxy) is 3. The van der Waals surface area contributed by atoms with Crippen LogP contribution in [-0.2, 0) is 28.6 Å². The first kappa shape index (κ1) is 56.1. The van der Waals surface area contributed by atoms with Crippen LogP contribution in [0.25, 0.3) is 0 Å². The predicted octanol–water partition coefficient (Wildman–Crippen LogP) is 15.6. The lowest BCUT2D eigenvalue weighted by Gasteiger charge is -2.18. The van der Waals surface area contributed by atoms with Gasteiger partial charge in [-0.05, 0) is 89.9 Å². The summed E-state index contributed by atoms with van der Waals surface area (Å²) < 4.78 is 16.5. The van der Waals surface area contributed by atoms with Gasteiger partial charge >= 0.3 is 17.9 Å². The Bertz CT molecular complexity index is 1280. The van der Waals surface area contributed by atoms with Crippen LogP contribution in [-0.4, -0.2) is 37.2 Å². The number of carbonyl (C=O) groups excluding carboxylic acids is 3. The van der Waals surface area contributed by atoms with Gasteiger partial charge in [-0.25, -0.2) is 0 Å². The second-order valence-corrected chi connectivity index (χ2v) is 15.3. The normalized spacial score (nSPS) is 13.1. The van der Waals surface area contributed by atoms with Crippen molar-refractivity contribution in [1.82, 2.24) is 0 Å². The Morgan fingerprint density at radius 1 is 0.350 bits per heavy atom. The Morgan fingerprint density at radius 3 is 1.02 bits per heavy atom. The van der Waals surface area contributed by atoms with E-state index in [1.807, 2.05) is 24.3 Å². The standard InChI is InChI=1S/C54H86O6/c1-4-7-10-13-16-19-22-25-26-27-30-32-35-38-41-44-47-53(56)59-50-51(60-54(57)48-45-42-39-36-33-29-24-21-18-15-12-9-6-3)49-58-52(55)46-43-40-37-34-31-28-23-20-17-14-11-8-5-2/h7,10,16,19,25-26,28-33,37-42,51H,4-6,8-9,11-15,17-18,20-24,27,34-36,43-50H2,1-3H3/b10-7-,19-16-,26-25-,31-28-,32-30-,33-29-,40-37-,41-38-,42-39-. The summed E-state index contributed by atoms with van der Waals surface area (Å²) >= 11 is 0. The fourth-order valence-electron chi connectivity index (χ4n) is 5.95. The van der Waals surface area contributed by atoms with Gasteiger partial charge in [-0.3, -0.25) is 14.4 Å². The minimum absolute atomic E-state index is 0.156. The monoisotopic (exact) mass is 831 g/mol. The van der Waals surface area contributed by atoms with E-state index in [0.717, 1.165) is 57.8 Å². The van der Waals surface area contributed by atoms with Gasteiger partial charge in [0.1, 0.15) is 13.2 Å². The molecular weight excluding hydrogens is 745 g/mol. The van der Waals surface area contributed by atoms with Gasteiger partial charge in [0.25, 0.3) is 0 Å². The molecule has 1 unspecified atom stereocenters. The van der Waals surface area contributed by atoms with Crippen LogP contribution in [0, 0.1) is 0 Å². The zero-order valence-corrected chi connectivity index (χ0v) is 38.4. The van der Waals surface area contributed by atoms with Crippen LogP contribution >= 0.6 is 0 Å². The summed E-state index contributed by atoms with van der Waals surface area (Å²) in [6, 6.07) is 0. The van der Waals surface area contributed by atoms with Gasteiger partial charge in [-0.2, -0.15) is 0 Å². The highest BCUT2D eigenvalue weighted by Gasteiger charge is 2.19. The van der Waals surface area contributed by atoms with Crippen LogP contribution < -0.4 is 0 Å². The highest BCUT2D eigenvalue weighted by atomic mass is 16.6. The number of carbonyl (C=O) groups is 3. The molecule has 6 heteroatoms. The van der Waals surface area contributed by atoms with Crippen LogP contribution in [0.2, 0.25) is 0 Å². The molecular formula is C54H86O6. The molecule has 0 spiro atoms. The van der Waals surface area contributed by atoms with Gasteiger partial charge in [-0.1, -0.05) is 194 Å². The molecule has 6 nitrogen and oxygen atoms in total. The molecule has 60 heavy (non-hydrogen) atoms. The van der Waals surface area contributed by atoms with Crippen LogP contribution in [0.15, 0.2) is 109 Å². The van der Waals surface area contributed by atoms with E-state index in [0.29, 0.717) is 19.3 Å². The Labute approximate surface area is 368 Å². The summed E-state index contributed by atoms with van der Waals surface area (Å²) in [6.07, 6.45) is 63.9. The molecule has 0 aromatic heterocycles. The van der Waals surface area contributed by atoms with E-state index in [1.165, 1.54) is 77.0 Å². The highest BCUT2D eigenvalue weighted by Crippen LogP contribution is 2.10. The van der Waals surface area contributed by atoms with E-state index in [-0.39, 0.29) is 44.4 Å². The number of allylic oxidation sites excluding steroid dienone is 18. The molecule has 0 radical (unpaired) electrons. The number of rotatable bonds is 41. The number of hydrogen-bond donors (Lipinski definition) is 0. The number of esters is 3. The third-order valence-electron chi connectivity index (χ3n) is 9.52. The average molecular weight is 831 g/mol. The van der Waals surface area contributed by atoms with Crippen molar-refractivity contribution in [1.29, 1.82) is 0 Å². The molecule has 0 aromatic rings. The second-order valence-electron chi connectivity index (χ2n) is 15.3. The maximum Gasteiger partial charge on any atom is 0.306 e. The maximum absolute atomic E-state index is 12.7. The third kappa shape index (κ3) is 45.2. The molecule has 0 fully saturated rings. The van der Waals surface area contributed by atoms with Crippen molar-refractivity contribution in [2.45, 2.75) is 200 Å². The lowest BCUT2D eigenvalue weighted by Crippen LogP contribution is -2.30. The molecule has 0 bridgehead atoms. The predicted molar refractivity (Wildman–Crippen MR) is 256 cm³/mol. The quantitative estimate of drug-likeness (QED) is 0.0264. The van der Waals surface area contributed by atoms with E-state index >= 15 is 0 Å². The minimum atomic E-state index is -0.861. The fourth-order valence-corrected chi connectivity index (χ4v) is 5.95. The zero-order chi connectivity index (χ0) is 43.7. The van der Waals surface area contributed by atoms with Gasteiger partial charge in [0.2, 0.25) is 0 Å². The first-order valence-corrected chi connectivity index (χ1v) is 23.9. The van der Waals surface area contributed by atoms with Crippen LogP contribution in [0.3, 0.4) is 0 Å². The van der Waals surface area contributed by atoms with Crippen molar-refractivity contribution in [2.75, 3.05) is 13.2 Å². The molecule has 0 saturated carbocycles. The largest absolute Gasteiger partial charge is 0.462 e. The minimum Gasteiger partial charge on any atom is -0.462 e. The third-order valence-corrected chi connectivity index (χ3v) is 9.52. The molecule has 0 aromatic carbocycles. The molecule has 0 amide bonds. The average Bonchev–Trinajstić information content (AvgIpc) is 3.24. The van der Waals surface area contributed by atoms with E-state index in [2.05, 4.69) is 106 Å². The molecule has 0 heterocycles. The van der Waals surface area contributed by atoms with Crippen LogP contribution in [0.5, 0.6) is 0 Å². The summed E-state index contributed by atoms with van der Waals surface area (Å²) in [5.74, 6) is -1.18. The molecule has 0 rings (SSSR count). The maximum atomic E-state index is 12.7. The summed E-state index contributed by atoms with van der Waals surface area (Å²) in [4.78, 5) is 37.7. The molecule has 0 saturated heterocycles. The van der Waals surface area contributed by atoms with Gasteiger partial charge in [0.05, 0.1) is 0 Å². The van der Waals surface area contributed by atoms with Crippen molar-refractivity contribution in [3.63, 3.8) is 0 Å². The molecule has 0 aliphatic carbocycles. The van der Waals surface area contributed by atoms with Crippen LogP contribution in [0.4, 0.5) is 0 Å². The van der Waals surface area contributed by atoms with Crippen molar-refractivity contribution in [2.24, 2.45) is 0 Å². The Hall–Kier alpha value is -3.93. The lowest BCUT2D eigenvalue weighted by molar-refractivity contribution is -0.166. The molecule has 0 aliphatic rings. The van der Waals surface area contributed by atoms with E-state index in [1.54, 1.807) is 0 Å². The van der Waals surface area contributed by atoms with Gasteiger partial charge in [0, 0.05) is 19.3 Å². The van der Waals surface area contributed by atoms with E-state index < -0.39 is 12.1 Å². The smallest absolute Gasteiger partial charge is 0.306 e. The van der Waals surface area contributed by atoms with Crippen molar-refractivity contribution in [3.05, 3.63) is 109 Å². The lowest BCUT2D eigenvalue weighted by atomic mass is 10.1. The van der Waals surface area contributed by atoms with Crippen molar-refractivity contribution < 1.29 is 28.6 Å². The summed E-state index contributed by atoms with van der Waals surface area (Å²) in [6.45, 7) is 6.31. The molecule has 338 valence electrons. The van der Waals surface area contributed by atoms with Gasteiger partial charge < -0.3 is 14.2 Å². The fraction of sp³-hybridized carbons (Fsp3) is 0.611. The molecule has 0 aliphatic heterocycles. The van der Waals surface area contributed by atoms with Crippen LogP contribution in [0.1, 0.15) is 194 Å². The first-order valence-electron chi connectivity index (χ1n) is 23.9. The summed E-state index contributed by atoms with van der Waals surface area (Å²) in [5.41, 5.74) is 0. The van der Waals surface area contributed by atoms with E-state index in [4.69, 9.17) is 14.2 Å². The number of unbranched alkanes of at least 4 members (excludes halogenated alkanes) is 12. The van der Waals surface area contributed by atoms with Crippen molar-refractivity contribution in [3.8, 4) is 0 Å².